The molecule has 1 saturated heterocycles. The molecule has 1 saturated carbocycles. The molecule has 32 heavy (non-hydrogen) atoms. The van der Waals surface area contributed by atoms with E-state index < -0.39 is 5.60 Å². The van der Waals surface area contributed by atoms with Crippen LogP contribution in [0, 0.1) is 11.3 Å². The third-order valence-electron chi connectivity index (χ3n) is 6.69. The summed E-state index contributed by atoms with van der Waals surface area (Å²) in [6.45, 7) is 5.04. The minimum Gasteiger partial charge on any atom is -0.389 e. The Balaban J connectivity index is 0.000000913. The van der Waals surface area contributed by atoms with Crippen LogP contribution in [0.15, 0.2) is 48.5 Å². The molecule has 2 aromatic carbocycles. The van der Waals surface area contributed by atoms with Gasteiger partial charge in [0, 0.05) is 38.6 Å². The van der Waals surface area contributed by atoms with Crippen LogP contribution in [0.5, 0.6) is 0 Å². The van der Waals surface area contributed by atoms with Gasteiger partial charge in [0.1, 0.15) is 0 Å². The fraction of sp³-hybridized carbons (Fsp3) is 0.480. The van der Waals surface area contributed by atoms with E-state index in [1.54, 1.807) is 0 Å². The van der Waals surface area contributed by atoms with Gasteiger partial charge in [0.05, 0.1) is 41.0 Å². The van der Waals surface area contributed by atoms with Crippen molar-refractivity contribution in [1.29, 1.82) is 5.26 Å². The summed E-state index contributed by atoms with van der Waals surface area (Å²) < 4.78 is 3.19. The van der Waals surface area contributed by atoms with Crippen molar-refractivity contribution in [2.75, 3.05) is 32.7 Å². The topological polar surface area (TPSA) is 68.5 Å². The summed E-state index contributed by atoms with van der Waals surface area (Å²) >= 11 is 8.53. The van der Waals surface area contributed by atoms with Crippen molar-refractivity contribution in [3.63, 3.8) is 0 Å². The molecule has 172 valence electrons. The average molecular weight is 476 g/mol. The molecule has 5 nitrogen and oxygen atoms in total. The molecule has 0 bridgehead atoms. The van der Waals surface area contributed by atoms with Gasteiger partial charge in [-0.05, 0) is 35.6 Å². The van der Waals surface area contributed by atoms with E-state index in [-0.39, 0.29) is 5.92 Å². The van der Waals surface area contributed by atoms with E-state index in [0.29, 0.717) is 5.56 Å². The van der Waals surface area contributed by atoms with Crippen molar-refractivity contribution in [2.45, 2.75) is 43.6 Å². The summed E-state index contributed by atoms with van der Waals surface area (Å²) in [7, 11) is 0. The Kier molecular flexibility index (Phi) is 9.80. The fourth-order valence-electron chi connectivity index (χ4n) is 4.98. The number of piperazine rings is 1. The lowest BCUT2D eigenvalue weighted by Crippen LogP contribution is -2.49. The molecule has 1 unspecified atom stereocenters. The van der Waals surface area contributed by atoms with Gasteiger partial charge in [-0.1, -0.05) is 61.7 Å². The molecular weight excluding hydrogens is 445 g/mol. The number of benzene rings is 2. The van der Waals surface area contributed by atoms with Gasteiger partial charge in [0.25, 0.3) is 0 Å². The van der Waals surface area contributed by atoms with Crippen LogP contribution in [0.2, 0.25) is 0 Å². The maximum absolute atomic E-state index is 11.6. The number of hydrogen-bond acceptors (Lipinski definition) is 5. The molecule has 4 rings (SSSR count). The van der Waals surface area contributed by atoms with Crippen LogP contribution in [0.25, 0.3) is 11.1 Å². The first-order valence-corrected chi connectivity index (χ1v) is 11.9. The molecule has 2 aromatic rings. The molecule has 1 aliphatic carbocycles. The summed E-state index contributed by atoms with van der Waals surface area (Å²) in [6, 6.07) is 18.6. The van der Waals surface area contributed by atoms with Gasteiger partial charge in [0.2, 0.25) is 0 Å². The van der Waals surface area contributed by atoms with Crippen molar-refractivity contribution >= 4 is 23.7 Å². The number of nitrogens with zero attached hydrogens (tertiary/aromatic N) is 2. The van der Waals surface area contributed by atoms with Crippen LogP contribution in [0.3, 0.4) is 0 Å². The lowest BCUT2D eigenvalue weighted by atomic mass is 9.72. The number of aliphatic hydroxyl groups is 1. The number of nitrogens with one attached hydrogen (secondary N) is 1. The number of rotatable bonds is 5. The highest BCUT2D eigenvalue weighted by Gasteiger charge is 2.39. The molecule has 0 radical (unpaired) electrons. The molecular formula is C25H31Cl2N3O2. The van der Waals surface area contributed by atoms with Gasteiger partial charge < -0.3 is 15.3 Å². The van der Waals surface area contributed by atoms with Gasteiger partial charge >= 0.3 is 0 Å². The van der Waals surface area contributed by atoms with E-state index in [1.807, 2.05) is 24.3 Å². The molecule has 2 aliphatic rings. The van der Waals surface area contributed by atoms with Crippen LogP contribution in [0.4, 0.5) is 0 Å². The van der Waals surface area contributed by atoms with E-state index in [0.717, 1.165) is 69.5 Å². The molecule has 1 aliphatic heterocycles. The fourth-order valence-corrected chi connectivity index (χ4v) is 4.98. The quantitative estimate of drug-likeness (QED) is 0.620. The van der Waals surface area contributed by atoms with Gasteiger partial charge in [-0.25, -0.2) is 0 Å². The highest BCUT2D eigenvalue weighted by Crippen LogP contribution is 2.41. The number of nitriles is 1. The first-order valence-electron chi connectivity index (χ1n) is 11.3. The molecule has 2 fully saturated rings. The van der Waals surface area contributed by atoms with E-state index in [1.165, 1.54) is 12.0 Å². The zero-order valence-electron chi connectivity index (χ0n) is 18.3. The SMILES string of the molecule is ClOCl.N#Cc1ccccc1-c1ccc(C(CN2CCNCC2)C2(O)CCCCC2)cc1. The van der Waals surface area contributed by atoms with E-state index in [4.69, 9.17) is 0 Å². The molecule has 1 atom stereocenters. The Morgan fingerprint density at radius 1 is 1.03 bits per heavy atom. The molecule has 7 heteroatoms. The molecule has 2 N–H and O–H groups in total. The standard InChI is InChI=1S/C25H31N3O.Cl2O/c26-18-22-6-2-3-7-23(22)20-8-10-21(11-9-20)24(19-28-16-14-27-15-17-28)25(29)12-4-1-5-13-25;1-3-2/h2-3,6-11,24,27,29H,1,4-5,12-17,19H2;. The lowest BCUT2D eigenvalue weighted by Gasteiger charge is -2.42. The Morgan fingerprint density at radius 2 is 1.66 bits per heavy atom. The summed E-state index contributed by atoms with van der Waals surface area (Å²) in [6.07, 6.45) is 5.24. The zero-order valence-corrected chi connectivity index (χ0v) is 19.8. The van der Waals surface area contributed by atoms with Gasteiger partial charge in [-0.2, -0.15) is 9.10 Å². The molecule has 0 amide bonds. The predicted molar refractivity (Wildman–Crippen MR) is 129 cm³/mol. The van der Waals surface area contributed by atoms with Crippen molar-refractivity contribution in [1.82, 2.24) is 10.2 Å². The predicted octanol–water partition coefficient (Wildman–Crippen LogP) is 5.22. The molecule has 0 aromatic heterocycles. The Bertz CT molecular complexity index is 874. The second kappa shape index (κ2) is 12.6. The smallest absolute Gasteiger partial charge is 0.0998 e. The zero-order chi connectivity index (χ0) is 22.8. The Hall–Kier alpha value is -1.65. The van der Waals surface area contributed by atoms with Crippen LogP contribution in [0.1, 0.15) is 49.1 Å². The van der Waals surface area contributed by atoms with Crippen LogP contribution < -0.4 is 5.32 Å². The van der Waals surface area contributed by atoms with Crippen LogP contribution >= 0.6 is 23.7 Å². The van der Waals surface area contributed by atoms with Crippen molar-refractivity contribution in [2.24, 2.45) is 0 Å². The van der Waals surface area contributed by atoms with Gasteiger partial charge in [-0.15, -0.1) is 0 Å². The largest absolute Gasteiger partial charge is 0.389 e. The third-order valence-corrected chi connectivity index (χ3v) is 6.69. The highest BCUT2D eigenvalue weighted by atomic mass is 35.6. The number of hydrogen-bond donors (Lipinski definition) is 2. The van der Waals surface area contributed by atoms with Crippen molar-refractivity contribution in [3.8, 4) is 17.2 Å². The summed E-state index contributed by atoms with van der Waals surface area (Å²) in [5, 5.41) is 24.4. The minimum atomic E-state index is -0.616. The highest BCUT2D eigenvalue weighted by molar-refractivity contribution is 6.24. The van der Waals surface area contributed by atoms with Gasteiger partial charge in [-0.3, -0.25) is 0 Å². The summed E-state index contributed by atoms with van der Waals surface area (Å²) in [5.74, 6) is 0.126. The van der Waals surface area contributed by atoms with Crippen molar-refractivity contribution < 1.29 is 8.95 Å². The Labute approximate surface area is 201 Å². The number of halogens is 2. The van der Waals surface area contributed by atoms with Crippen LogP contribution in [-0.4, -0.2) is 48.3 Å². The average Bonchev–Trinajstić information content (AvgIpc) is 2.84. The van der Waals surface area contributed by atoms with E-state index in [2.05, 4.69) is 68.1 Å². The first-order chi connectivity index (χ1) is 15.6. The second-order valence-corrected chi connectivity index (χ2v) is 9.07. The van der Waals surface area contributed by atoms with Gasteiger partial charge in [0.15, 0.2) is 0 Å². The first kappa shape index (κ1) is 25.0. The van der Waals surface area contributed by atoms with E-state index >= 15 is 0 Å². The van der Waals surface area contributed by atoms with Crippen molar-refractivity contribution in [3.05, 3.63) is 59.7 Å². The maximum Gasteiger partial charge on any atom is 0.0998 e. The minimum absolute atomic E-state index is 0.126. The van der Waals surface area contributed by atoms with E-state index in [9.17, 15) is 10.4 Å². The Morgan fingerprint density at radius 3 is 2.28 bits per heavy atom. The summed E-state index contributed by atoms with van der Waals surface area (Å²) in [4.78, 5) is 2.49. The summed E-state index contributed by atoms with van der Waals surface area (Å²) in [5.41, 5.74) is 3.32. The molecule has 1 heterocycles. The second-order valence-electron chi connectivity index (χ2n) is 8.61. The lowest BCUT2D eigenvalue weighted by molar-refractivity contribution is -0.0316. The third kappa shape index (κ3) is 6.45. The normalized spacial score (nSPS) is 19.3. The molecule has 0 spiro atoms. The van der Waals surface area contributed by atoms with Crippen LogP contribution in [-0.2, 0) is 3.84 Å². The monoisotopic (exact) mass is 475 g/mol. The maximum atomic E-state index is 11.6.